The molecule has 0 aliphatic heterocycles. The number of unbranched alkanes of at least 4 members (excludes halogenated alkanes) is 1. The predicted molar refractivity (Wildman–Crippen MR) is 75.8 cm³/mol. The van der Waals surface area contributed by atoms with E-state index in [1.165, 1.54) is 0 Å². The lowest BCUT2D eigenvalue weighted by Crippen LogP contribution is -2.06. The largest absolute Gasteiger partial charge is 0.494 e. The molecular formula is C15H20N2O2. The predicted octanol–water partition coefficient (Wildman–Crippen LogP) is 2.78. The molecule has 0 saturated heterocycles. The van der Waals surface area contributed by atoms with Crippen molar-refractivity contribution in [1.82, 2.24) is 10.2 Å². The van der Waals surface area contributed by atoms with Crippen LogP contribution in [-0.2, 0) is 6.42 Å². The van der Waals surface area contributed by atoms with E-state index in [9.17, 15) is 4.79 Å². The first-order chi connectivity index (χ1) is 9.20. The molecule has 0 amide bonds. The number of nitrogens with one attached hydrogen (secondary N) is 2. The molecule has 0 unspecified atom stereocenters. The Labute approximate surface area is 112 Å². The Balaban J connectivity index is 2.01. The Morgan fingerprint density at radius 3 is 2.47 bits per heavy atom. The first-order valence-corrected chi connectivity index (χ1v) is 6.68. The van der Waals surface area contributed by atoms with Crippen LogP contribution < -0.4 is 10.3 Å². The van der Waals surface area contributed by atoms with Crippen LogP contribution in [0.5, 0.6) is 5.75 Å². The maximum atomic E-state index is 11.6. The van der Waals surface area contributed by atoms with Gasteiger partial charge in [0.05, 0.1) is 6.61 Å². The number of ether oxygens (including phenoxy) is 1. The van der Waals surface area contributed by atoms with Crippen LogP contribution in [0.2, 0.25) is 0 Å². The van der Waals surface area contributed by atoms with Gasteiger partial charge in [0.1, 0.15) is 5.75 Å². The summed E-state index contributed by atoms with van der Waals surface area (Å²) in [6.45, 7) is 4.80. The topological polar surface area (TPSA) is 57.9 Å². The summed E-state index contributed by atoms with van der Waals surface area (Å²) in [6.07, 6.45) is 2.84. The molecule has 0 atom stereocenters. The Kier molecular flexibility index (Phi) is 4.44. The molecule has 0 spiro atoms. The van der Waals surface area contributed by atoms with Gasteiger partial charge in [0.25, 0.3) is 5.56 Å². The number of aryl methyl sites for hydroxylation is 1. The van der Waals surface area contributed by atoms with Crippen LogP contribution in [0, 0.1) is 6.92 Å². The van der Waals surface area contributed by atoms with Gasteiger partial charge >= 0.3 is 0 Å². The lowest BCUT2D eigenvalue weighted by atomic mass is 10.1. The van der Waals surface area contributed by atoms with Crippen LogP contribution in [0.25, 0.3) is 0 Å². The highest BCUT2D eigenvalue weighted by Crippen LogP contribution is 2.15. The zero-order chi connectivity index (χ0) is 13.7. The molecule has 2 rings (SSSR count). The van der Waals surface area contributed by atoms with Crippen molar-refractivity contribution in [2.75, 3.05) is 6.61 Å². The maximum Gasteiger partial charge on any atom is 0.267 e. The lowest BCUT2D eigenvalue weighted by molar-refractivity contribution is 0.309. The number of H-pyrrole nitrogens is 2. The minimum Gasteiger partial charge on any atom is -0.494 e. The Hall–Kier alpha value is -1.97. The second kappa shape index (κ2) is 6.27. The molecule has 102 valence electrons. The normalized spacial score (nSPS) is 10.6. The number of aromatic nitrogens is 2. The van der Waals surface area contributed by atoms with Gasteiger partial charge < -0.3 is 9.84 Å². The van der Waals surface area contributed by atoms with Crippen LogP contribution in [0.4, 0.5) is 0 Å². The molecular weight excluding hydrogens is 240 g/mol. The van der Waals surface area contributed by atoms with Crippen molar-refractivity contribution in [3.8, 4) is 5.75 Å². The van der Waals surface area contributed by atoms with Crippen LogP contribution in [0.15, 0.2) is 29.1 Å². The van der Waals surface area contributed by atoms with E-state index in [0.717, 1.165) is 42.0 Å². The smallest absolute Gasteiger partial charge is 0.267 e. The van der Waals surface area contributed by atoms with Crippen LogP contribution in [0.1, 0.15) is 36.6 Å². The third-order valence-electron chi connectivity index (χ3n) is 3.16. The molecule has 0 aliphatic rings. The SMILES string of the molecule is CCCCOc1ccc(Cc2c(C)[nH][nH]c2=O)cc1. The van der Waals surface area contributed by atoms with Crippen molar-refractivity contribution in [3.63, 3.8) is 0 Å². The summed E-state index contributed by atoms with van der Waals surface area (Å²) in [6, 6.07) is 7.93. The summed E-state index contributed by atoms with van der Waals surface area (Å²) in [5, 5.41) is 5.44. The van der Waals surface area contributed by atoms with E-state index < -0.39 is 0 Å². The zero-order valence-electron chi connectivity index (χ0n) is 11.5. The van der Waals surface area contributed by atoms with Crippen molar-refractivity contribution in [2.24, 2.45) is 0 Å². The second-order valence-electron chi connectivity index (χ2n) is 4.71. The lowest BCUT2D eigenvalue weighted by Gasteiger charge is -2.06. The highest BCUT2D eigenvalue weighted by Gasteiger charge is 2.06. The van der Waals surface area contributed by atoms with Crippen molar-refractivity contribution in [2.45, 2.75) is 33.1 Å². The molecule has 0 aliphatic carbocycles. The number of rotatable bonds is 6. The summed E-state index contributed by atoms with van der Waals surface area (Å²) < 4.78 is 5.61. The van der Waals surface area contributed by atoms with Gasteiger partial charge in [-0.15, -0.1) is 0 Å². The van der Waals surface area contributed by atoms with E-state index in [0.29, 0.717) is 6.42 Å². The van der Waals surface area contributed by atoms with Crippen molar-refractivity contribution < 1.29 is 4.74 Å². The number of hydrogen-bond acceptors (Lipinski definition) is 2. The molecule has 2 N–H and O–H groups in total. The number of aromatic amines is 2. The van der Waals surface area contributed by atoms with Crippen molar-refractivity contribution in [1.29, 1.82) is 0 Å². The van der Waals surface area contributed by atoms with Crippen LogP contribution >= 0.6 is 0 Å². The van der Waals surface area contributed by atoms with E-state index in [4.69, 9.17) is 4.74 Å². The maximum absolute atomic E-state index is 11.6. The standard InChI is InChI=1S/C15H20N2O2/c1-3-4-9-19-13-7-5-12(6-8-13)10-14-11(2)16-17-15(14)18/h5-8H,3-4,9-10H2,1-2H3,(H2,16,17,18). The summed E-state index contributed by atoms with van der Waals surface area (Å²) in [5.41, 5.74) is 2.75. The van der Waals surface area contributed by atoms with Gasteiger partial charge in [0.15, 0.2) is 0 Å². The molecule has 0 radical (unpaired) electrons. The van der Waals surface area contributed by atoms with E-state index in [-0.39, 0.29) is 5.56 Å². The summed E-state index contributed by atoms with van der Waals surface area (Å²) in [7, 11) is 0. The fourth-order valence-electron chi connectivity index (χ4n) is 1.93. The molecule has 0 bridgehead atoms. The molecule has 1 aromatic carbocycles. The van der Waals surface area contributed by atoms with Gasteiger partial charge in [-0.1, -0.05) is 25.5 Å². The van der Waals surface area contributed by atoms with Crippen LogP contribution in [-0.4, -0.2) is 16.8 Å². The van der Waals surface area contributed by atoms with Gasteiger partial charge in [-0.3, -0.25) is 9.89 Å². The highest BCUT2D eigenvalue weighted by atomic mass is 16.5. The van der Waals surface area contributed by atoms with E-state index in [1.54, 1.807) is 0 Å². The fourth-order valence-corrected chi connectivity index (χ4v) is 1.93. The molecule has 1 aromatic heterocycles. The van der Waals surface area contributed by atoms with Gasteiger partial charge in [0, 0.05) is 17.7 Å². The van der Waals surface area contributed by atoms with Crippen molar-refractivity contribution in [3.05, 3.63) is 51.4 Å². The Morgan fingerprint density at radius 1 is 1.16 bits per heavy atom. The van der Waals surface area contributed by atoms with E-state index in [2.05, 4.69) is 17.1 Å². The molecule has 1 heterocycles. The van der Waals surface area contributed by atoms with Gasteiger partial charge in [0.2, 0.25) is 0 Å². The Bertz CT molecular complexity index is 567. The van der Waals surface area contributed by atoms with Gasteiger partial charge in [-0.25, -0.2) is 0 Å². The first kappa shape index (κ1) is 13.5. The highest BCUT2D eigenvalue weighted by molar-refractivity contribution is 5.31. The van der Waals surface area contributed by atoms with E-state index >= 15 is 0 Å². The molecule has 0 saturated carbocycles. The minimum absolute atomic E-state index is 0.0410. The fraction of sp³-hybridized carbons (Fsp3) is 0.400. The average Bonchev–Trinajstić information content (AvgIpc) is 2.73. The third kappa shape index (κ3) is 3.50. The Morgan fingerprint density at radius 2 is 1.89 bits per heavy atom. The second-order valence-corrected chi connectivity index (χ2v) is 4.71. The molecule has 4 heteroatoms. The number of hydrogen-bond donors (Lipinski definition) is 2. The van der Waals surface area contributed by atoms with Crippen LogP contribution in [0.3, 0.4) is 0 Å². The molecule has 2 aromatic rings. The van der Waals surface area contributed by atoms with Crippen molar-refractivity contribution >= 4 is 0 Å². The summed E-state index contributed by atoms with van der Waals surface area (Å²) in [5.74, 6) is 0.886. The average molecular weight is 260 g/mol. The zero-order valence-corrected chi connectivity index (χ0v) is 11.5. The monoisotopic (exact) mass is 260 g/mol. The van der Waals surface area contributed by atoms with E-state index in [1.807, 2.05) is 31.2 Å². The summed E-state index contributed by atoms with van der Waals surface area (Å²) in [4.78, 5) is 11.6. The minimum atomic E-state index is -0.0410. The summed E-state index contributed by atoms with van der Waals surface area (Å²) >= 11 is 0. The van der Waals surface area contributed by atoms with Gasteiger partial charge in [-0.2, -0.15) is 0 Å². The first-order valence-electron chi connectivity index (χ1n) is 6.68. The number of benzene rings is 1. The molecule has 0 fully saturated rings. The third-order valence-corrected chi connectivity index (χ3v) is 3.16. The quantitative estimate of drug-likeness (QED) is 0.785. The molecule has 19 heavy (non-hydrogen) atoms. The molecule has 4 nitrogen and oxygen atoms in total. The van der Waals surface area contributed by atoms with Gasteiger partial charge in [-0.05, 0) is 31.0 Å².